The summed E-state index contributed by atoms with van der Waals surface area (Å²) in [5.41, 5.74) is 1.03. The first-order valence-corrected chi connectivity index (χ1v) is 9.69. The van der Waals surface area contributed by atoms with Gasteiger partial charge in [-0.3, -0.25) is 4.79 Å². The molecule has 6 heteroatoms. The average molecular weight is 338 g/mol. The van der Waals surface area contributed by atoms with Gasteiger partial charge in [-0.15, -0.1) is 0 Å². The first-order chi connectivity index (χ1) is 10.9. The lowest BCUT2D eigenvalue weighted by Crippen LogP contribution is -2.46. The molecular formula is C17H26N2O3S. The van der Waals surface area contributed by atoms with Crippen LogP contribution in [-0.2, 0) is 14.8 Å². The van der Waals surface area contributed by atoms with Crippen molar-refractivity contribution in [3.63, 3.8) is 0 Å². The minimum Gasteiger partial charge on any atom is -0.343 e. The second kappa shape index (κ2) is 7.45. The molecule has 0 spiro atoms. The molecule has 5 nitrogen and oxygen atoms in total. The number of carbonyl (C=O) groups excluding carboxylic acids is 1. The predicted molar refractivity (Wildman–Crippen MR) is 90.6 cm³/mol. The smallest absolute Gasteiger partial charge is 0.243 e. The topological polar surface area (TPSA) is 57.7 Å². The van der Waals surface area contributed by atoms with Gasteiger partial charge in [0.2, 0.25) is 15.9 Å². The molecule has 1 aromatic carbocycles. The van der Waals surface area contributed by atoms with E-state index >= 15 is 0 Å². The van der Waals surface area contributed by atoms with Crippen LogP contribution in [0.4, 0.5) is 0 Å². The van der Waals surface area contributed by atoms with Crippen molar-refractivity contribution in [1.29, 1.82) is 0 Å². The highest BCUT2D eigenvalue weighted by Gasteiger charge is 2.34. The summed E-state index contributed by atoms with van der Waals surface area (Å²) in [6, 6.07) is 6.88. The maximum absolute atomic E-state index is 12.8. The van der Waals surface area contributed by atoms with Gasteiger partial charge in [0.25, 0.3) is 0 Å². The van der Waals surface area contributed by atoms with E-state index in [0.717, 1.165) is 18.4 Å². The van der Waals surface area contributed by atoms with Crippen molar-refractivity contribution in [2.75, 3.05) is 26.2 Å². The van der Waals surface area contributed by atoms with Crippen molar-refractivity contribution >= 4 is 15.9 Å². The fraction of sp³-hybridized carbons (Fsp3) is 0.588. The third-order valence-corrected chi connectivity index (χ3v) is 6.35. The Morgan fingerprint density at radius 3 is 2.39 bits per heavy atom. The summed E-state index contributed by atoms with van der Waals surface area (Å²) in [5.74, 6) is -0.164. The van der Waals surface area contributed by atoms with E-state index in [-0.39, 0.29) is 18.4 Å². The molecule has 0 aliphatic carbocycles. The van der Waals surface area contributed by atoms with Crippen molar-refractivity contribution in [2.45, 2.75) is 38.5 Å². The Hall–Kier alpha value is -1.40. The molecule has 1 fully saturated rings. The first kappa shape index (κ1) is 17.9. The largest absolute Gasteiger partial charge is 0.343 e. The van der Waals surface area contributed by atoms with Crippen LogP contribution in [0.15, 0.2) is 29.2 Å². The lowest BCUT2D eigenvalue weighted by atomic mass is 9.98. The highest BCUT2D eigenvalue weighted by molar-refractivity contribution is 7.89. The molecule has 0 saturated carbocycles. The number of carbonyl (C=O) groups is 1. The molecule has 0 bridgehead atoms. The highest BCUT2D eigenvalue weighted by atomic mass is 32.2. The van der Waals surface area contributed by atoms with Gasteiger partial charge in [0.15, 0.2) is 0 Å². The van der Waals surface area contributed by atoms with Gasteiger partial charge in [-0.2, -0.15) is 4.31 Å². The second-order valence-corrected chi connectivity index (χ2v) is 7.96. The second-order valence-electron chi connectivity index (χ2n) is 6.03. The van der Waals surface area contributed by atoms with E-state index in [1.54, 1.807) is 29.2 Å². The monoisotopic (exact) mass is 338 g/mol. The van der Waals surface area contributed by atoms with Gasteiger partial charge in [-0.1, -0.05) is 17.7 Å². The molecule has 1 aromatic rings. The van der Waals surface area contributed by atoms with E-state index in [1.807, 2.05) is 20.8 Å². The molecule has 128 valence electrons. The molecule has 1 aliphatic heterocycles. The van der Waals surface area contributed by atoms with Gasteiger partial charge in [-0.25, -0.2) is 8.42 Å². The number of nitrogens with zero attached hydrogens (tertiary/aromatic N) is 2. The summed E-state index contributed by atoms with van der Waals surface area (Å²) in [6.07, 6.45) is 1.48. The maximum Gasteiger partial charge on any atom is 0.243 e. The maximum atomic E-state index is 12.8. The molecule has 23 heavy (non-hydrogen) atoms. The number of amides is 1. The van der Waals surface area contributed by atoms with E-state index in [0.29, 0.717) is 24.5 Å². The number of sulfonamides is 1. The molecule has 0 aromatic heterocycles. The molecular weight excluding hydrogens is 312 g/mol. The van der Waals surface area contributed by atoms with E-state index in [9.17, 15) is 13.2 Å². The van der Waals surface area contributed by atoms with Crippen LogP contribution in [0.3, 0.4) is 0 Å². The molecule has 2 rings (SSSR count). The zero-order valence-corrected chi connectivity index (χ0v) is 15.0. The molecule has 1 aliphatic rings. The zero-order valence-electron chi connectivity index (χ0n) is 14.2. The van der Waals surface area contributed by atoms with E-state index in [1.165, 1.54) is 4.31 Å². The van der Waals surface area contributed by atoms with Crippen LogP contribution >= 0.6 is 0 Å². The number of hydrogen-bond acceptors (Lipinski definition) is 3. The van der Waals surface area contributed by atoms with Gasteiger partial charge in [0, 0.05) is 26.2 Å². The zero-order chi connectivity index (χ0) is 17.0. The standard InChI is InChI=1S/C17H26N2O3S/c1-4-18(5-2)17(20)15-7-6-12-19(13-15)23(21,22)16-10-8-14(3)9-11-16/h8-11,15H,4-7,12-13H2,1-3H3/t15-/m1/s1. The lowest BCUT2D eigenvalue weighted by Gasteiger charge is -2.33. The van der Waals surface area contributed by atoms with Crippen molar-refractivity contribution in [2.24, 2.45) is 5.92 Å². The minimum atomic E-state index is -3.52. The van der Waals surface area contributed by atoms with Gasteiger partial charge in [-0.05, 0) is 45.7 Å². The van der Waals surface area contributed by atoms with Crippen LogP contribution < -0.4 is 0 Å². The highest BCUT2D eigenvalue weighted by Crippen LogP contribution is 2.25. The molecule has 0 unspecified atom stereocenters. The lowest BCUT2D eigenvalue weighted by molar-refractivity contribution is -0.136. The first-order valence-electron chi connectivity index (χ1n) is 8.25. The predicted octanol–water partition coefficient (Wildman–Crippen LogP) is 2.26. The number of rotatable bonds is 5. The van der Waals surface area contributed by atoms with E-state index < -0.39 is 10.0 Å². The van der Waals surface area contributed by atoms with Crippen molar-refractivity contribution in [3.05, 3.63) is 29.8 Å². The summed E-state index contributed by atoms with van der Waals surface area (Å²) >= 11 is 0. The Morgan fingerprint density at radius 2 is 1.83 bits per heavy atom. The number of piperidine rings is 1. The van der Waals surface area contributed by atoms with Crippen LogP contribution in [0.2, 0.25) is 0 Å². The van der Waals surface area contributed by atoms with E-state index in [4.69, 9.17) is 0 Å². The van der Waals surface area contributed by atoms with Crippen LogP contribution in [0, 0.1) is 12.8 Å². The summed E-state index contributed by atoms with van der Waals surface area (Å²) in [7, 11) is -3.52. The van der Waals surface area contributed by atoms with Crippen LogP contribution in [0.5, 0.6) is 0 Å². The van der Waals surface area contributed by atoms with Crippen molar-refractivity contribution < 1.29 is 13.2 Å². The van der Waals surface area contributed by atoms with Crippen molar-refractivity contribution in [1.82, 2.24) is 9.21 Å². The van der Waals surface area contributed by atoms with Crippen molar-refractivity contribution in [3.8, 4) is 0 Å². The van der Waals surface area contributed by atoms with Crippen LogP contribution in [0.1, 0.15) is 32.3 Å². The fourth-order valence-corrected chi connectivity index (χ4v) is 4.54. The molecule has 1 saturated heterocycles. The summed E-state index contributed by atoms with van der Waals surface area (Å²) < 4.78 is 27.0. The molecule has 0 radical (unpaired) electrons. The summed E-state index contributed by atoms with van der Waals surface area (Å²) in [5, 5.41) is 0. The Balaban J connectivity index is 2.17. The number of benzene rings is 1. The van der Waals surface area contributed by atoms with Crippen LogP contribution in [-0.4, -0.2) is 49.7 Å². The normalized spacial score (nSPS) is 19.5. The summed E-state index contributed by atoms with van der Waals surface area (Å²) in [6.45, 7) is 7.92. The quantitative estimate of drug-likeness (QED) is 0.827. The molecule has 1 heterocycles. The van der Waals surface area contributed by atoms with Gasteiger partial charge in [0.05, 0.1) is 10.8 Å². The molecule has 1 atom stereocenters. The molecule has 0 N–H and O–H groups in total. The third kappa shape index (κ3) is 3.93. The van der Waals surface area contributed by atoms with Gasteiger partial charge < -0.3 is 4.90 Å². The fourth-order valence-electron chi connectivity index (χ4n) is 3.02. The van der Waals surface area contributed by atoms with Gasteiger partial charge >= 0.3 is 0 Å². The van der Waals surface area contributed by atoms with Gasteiger partial charge in [0.1, 0.15) is 0 Å². The number of aryl methyl sites for hydroxylation is 1. The van der Waals surface area contributed by atoms with E-state index in [2.05, 4.69) is 0 Å². The Labute approximate surface area is 139 Å². The third-order valence-electron chi connectivity index (χ3n) is 4.47. The Kier molecular flexibility index (Phi) is 5.81. The average Bonchev–Trinajstić information content (AvgIpc) is 2.56. The summed E-state index contributed by atoms with van der Waals surface area (Å²) in [4.78, 5) is 14.6. The van der Waals surface area contributed by atoms with Crippen LogP contribution in [0.25, 0.3) is 0 Å². The number of hydrogen-bond donors (Lipinski definition) is 0. The Morgan fingerprint density at radius 1 is 1.22 bits per heavy atom. The molecule has 1 amide bonds. The Bertz CT molecular complexity index is 636. The SMILES string of the molecule is CCN(CC)C(=O)[C@@H]1CCCN(S(=O)(=O)c2ccc(C)cc2)C1. The minimum absolute atomic E-state index is 0.0683.